The van der Waals surface area contributed by atoms with Crippen molar-refractivity contribution in [2.24, 2.45) is 0 Å². The van der Waals surface area contributed by atoms with Gasteiger partial charge < -0.3 is 39.2 Å². The van der Waals surface area contributed by atoms with Crippen LogP contribution in [0, 0.1) is 0 Å². The molecule has 2 heterocycles. The van der Waals surface area contributed by atoms with Gasteiger partial charge in [-0.15, -0.1) is 0 Å². The minimum absolute atomic E-state index is 0.0909. The van der Waals surface area contributed by atoms with Gasteiger partial charge in [0, 0.05) is 18.7 Å². The van der Waals surface area contributed by atoms with Gasteiger partial charge in [0.2, 0.25) is 0 Å². The molecule has 39 heavy (non-hydrogen) atoms. The molecule has 0 aromatic heterocycles. The molecule has 1 saturated heterocycles. The number of alkyl carbamates (subject to hydrolysis) is 1. The van der Waals surface area contributed by atoms with E-state index in [2.05, 4.69) is 5.32 Å². The molecular weight excluding hydrogens is 502 g/mol. The molecule has 3 aromatic rings. The number of methoxy groups -OCH3 is 2. The summed E-state index contributed by atoms with van der Waals surface area (Å²) >= 11 is 0. The van der Waals surface area contributed by atoms with Gasteiger partial charge in [-0.25, -0.2) is 4.79 Å². The fourth-order valence-corrected chi connectivity index (χ4v) is 6.45. The van der Waals surface area contributed by atoms with Crippen LogP contribution in [0.5, 0.6) is 23.0 Å². The van der Waals surface area contributed by atoms with E-state index in [4.69, 9.17) is 28.8 Å². The number of amides is 1. The second-order valence-corrected chi connectivity index (χ2v) is 9.99. The second kappa shape index (κ2) is 9.66. The number of fused-ring (bicyclic) bond motifs is 5. The number of hydrogen-bond acceptors (Lipinski definition) is 8. The van der Waals surface area contributed by atoms with Gasteiger partial charge in [-0.05, 0) is 36.1 Å². The molecule has 204 valence electrons. The highest BCUT2D eigenvalue weighted by atomic mass is 16.6. The van der Waals surface area contributed by atoms with Gasteiger partial charge in [0.15, 0.2) is 17.3 Å². The summed E-state index contributed by atoms with van der Waals surface area (Å²) in [6.07, 6.45) is -0.264. The Morgan fingerprint density at radius 1 is 0.974 bits per heavy atom. The van der Waals surface area contributed by atoms with E-state index in [1.54, 1.807) is 19.2 Å². The second-order valence-electron chi connectivity index (χ2n) is 9.99. The largest absolute Gasteiger partial charge is 0.497 e. The number of carbonyl (C=O) groups is 1. The number of carbonyl (C=O) groups excluding carboxylic acids is 1. The Kier molecular flexibility index (Phi) is 6.28. The summed E-state index contributed by atoms with van der Waals surface area (Å²) in [4.78, 5) is 12.6. The Bertz CT molecular complexity index is 1360. The highest BCUT2D eigenvalue weighted by Gasteiger charge is 2.80. The maximum absolute atomic E-state index is 13.0. The molecule has 0 bridgehead atoms. The Hall–Kier alpha value is -3.95. The van der Waals surface area contributed by atoms with Crippen molar-refractivity contribution >= 4 is 6.09 Å². The highest BCUT2D eigenvalue weighted by molar-refractivity contribution is 5.74. The zero-order valence-corrected chi connectivity index (χ0v) is 21.8. The van der Waals surface area contributed by atoms with E-state index < -0.39 is 35.4 Å². The first-order valence-electron chi connectivity index (χ1n) is 13.0. The normalized spacial score (nSPS) is 28.0. The topological polar surface area (TPSA) is 116 Å². The van der Waals surface area contributed by atoms with Gasteiger partial charge >= 0.3 is 6.09 Å². The summed E-state index contributed by atoms with van der Waals surface area (Å²) in [6, 6.07) is 19.9. The molecule has 0 radical (unpaired) electrons. The number of hydrogen-bond donors (Lipinski definition) is 3. The van der Waals surface area contributed by atoms with Crippen molar-refractivity contribution in [3.05, 3.63) is 83.4 Å². The predicted octanol–water partition coefficient (Wildman–Crippen LogP) is 3.61. The zero-order valence-electron chi connectivity index (χ0n) is 21.8. The molecular formula is C30H31NO8. The summed E-state index contributed by atoms with van der Waals surface area (Å²) in [5.74, 6) is 1.38. The molecule has 2 aliphatic heterocycles. The number of benzene rings is 3. The van der Waals surface area contributed by atoms with E-state index >= 15 is 0 Å². The van der Waals surface area contributed by atoms with E-state index in [-0.39, 0.29) is 6.61 Å². The minimum atomic E-state index is -1.82. The van der Waals surface area contributed by atoms with Crippen molar-refractivity contribution in [3.8, 4) is 23.0 Å². The van der Waals surface area contributed by atoms with Crippen LogP contribution in [-0.4, -0.2) is 55.9 Å². The van der Waals surface area contributed by atoms with Crippen LogP contribution in [-0.2, 0) is 15.9 Å². The molecule has 5 atom stereocenters. The molecule has 0 spiro atoms. The van der Waals surface area contributed by atoms with Crippen LogP contribution < -0.4 is 24.3 Å². The summed E-state index contributed by atoms with van der Waals surface area (Å²) in [5, 5.41) is 25.0. The molecule has 3 aliphatic rings. The van der Waals surface area contributed by atoms with Crippen LogP contribution >= 0.6 is 0 Å². The molecule has 9 heteroatoms. The van der Waals surface area contributed by atoms with Crippen LogP contribution in [0.4, 0.5) is 4.79 Å². The monoisotopic (exact) mass is 533 g/mol. The molecule has 2 fully saturated rings. The standard InChI is InChI=1S/C30H31NO8/c1-35-20-12-10-19(11-13-20)30-24(18-8-4-3-5-9-18)26-27(38-28(33)31-26)29(30,34)25-22(36-2)16-21(17-23(25)39-30)37-15-7-6-14-32/h3-5,8-13,16-17,24,26-27,32,34H,6-7,14-15H2,1-2H3,(H,31,33)/t24-,26-,27-,29+,30+/m1/s1. The van der Waals surface area contributed by atoms with Crippen LogP contribution in [0.1, 0.15) is 35.4 Å². The molecule has 1 amide bonds. The molecule has 1 saturated carbocycles. The summed E-state index contributed by atoms with van der Waals surface area (Å²) in [6.45, 7) is 0.489. The SMILES string of the molecule is COc1ccc([C@@]23Oc4cc(OCCCCO)cc(OC)c4[C@]2(O)[C@@H]2OC(=O)N[C@@H]2[C@H]3c2ccccc2)cc1. The average molecular weight is 534 g/mol. The first kappa shape index (κ1) is 25.3. The number of rotatable bonds is 9. The van der Waals surface area contributed by atoms with Gasteiger partial charge in [0.25, 0.3) is 0 Å². The van der Waals surface area contributed by atoms with E-state index in [0.29, 0.717) is 53.6 Å². The van der Waals surface area contributed by atoms with Crippen LogP contribution in [0.3, 0.4) is 0 Å². The lowest BCUT2D eigenvalue weighted by molar-refractivity contribution is -0.147. The van der Waals surface area contributed by atoms with Crippen molar-refractivity contribution in [1.29, 1.82) is 0 Å². The van der Waals surface area contributed by atoms with Crippen molar-refractivity contribution in [2.75, 3.05) is 27.4 Å². The molecule has 1 aliphatic carbocycles. The minimum Gasteiger partial charge on any atom is -0.497 e. The highest BCUT2D eigenvalue weighted by Crippen LogP contribution is 2.69. The first-order valence-corrected chi connectivity index (χ1v) is 13.0. The molecule has 3 aromatic carbocycles. The molecule has 9 nitrogen and oxygen atoms in total. The van der Waals surface area contributed by atoms with Gasteiger partial charge in [-0.1, -0.05) is 42.5 Å². The smallest absolute Gasteiger partial charge is 0.407 e. The maximum atomic E-state index is 13.0. The quantitative estimate of drug-likeness (QED) is 0.358. The summed E-state index contributed by atoms with van der Waals surface area (Å²) in [5.41, 5.74) is -1.25. The Balaban J connectivity index is 1.57. The molecule has 6 rings (SSSR count). The fraction of sp³-hybridized carbons (Fsp3) is 0.367. The van der Waals surface area contributed by atoms with Gasteiger partial charge in [-0.3, -0.25) is 0 Å². The van der Waals surface area contributed by atoms with Crippen molar-refractivity contribution < 1.29 is 38.7 Å². The Morgan fingerprint density at radius 2 is 1.74 bits per heavy atom. The fourth-order valence-electron chi connectivity index (χ4n) is 6.45. The Labute approximate surface area is 226 Å². The van der Waals surface area contributed by atoms with Gasteiger partial charge in [-0.2, -0.15) is 0 Å². The van der Waals surface area contributed by atoms with Crippen LogP contribution in [0.25, 0.3) is 0 Å². The predicted molar refractivity (Wildman–Crippen MR) is 140 cm³/mol. The number of aliphatic hydroxyl groups excluding tert-OH is 1. The number of unbranched alkanes of at least 4 members (excludes halogenated alkanes) is 1. The summed E-state index contributed by atoms with van der Waals surface area (Å²) in [7, 11) is 3.11. The molecule has 3 N–H and O–H groups in total. The summed E-state index contributed by atoms with van der Waals surface area (Å²) < 4.78 is 29.9. The number of aliphatic hydroxyl groups is 2. The number of nitrogens with one attached hydrogen (secondary N) is 1. The van der Waals surface area contributed by atoms with E-state index in [0.717, 1.165) is 5.56 Å². The first-order chi connectivity index (χ1) is 19.0. The van der Waals surface area contributed by atoms with Crippen LogP contribution in [0.15, 0.2) is 66.7 Å². The molecule has 0 unspecified atom stereocenters. The third-order valence-corrected chi connectivity index (χ3v) is 8.03. The van der Waals surface area contributed by atoms with Crippen molar-refractivity contribution in [2.45, 2.75) is 42.1 Å². The van der Waals surface area contributed by atoms with Gasteiger partial charge in [0.1, 0.15) is 23.0 Å². The van der Waals surface area contributed by atoms with E-state index in [1.165, 1.54) is 7.11 Å². The third-order valence-electron chi connectivity index (χ3n) is 8.03. The Morgan fingerprint density at radius 3 is 2.44 bits per heavy atom. The lowest BCUT2D eigenvalue weighted by Crippen LogP contribution is -2.52. The lowest BCUT2D eigenvalue weighted by Gasteiger charge is -2.41. The van der Waals surface area contributed by atoms with Crippen molar-refractivity contribution in [3.63, 3.8) is 0 Å². The van der Waals surface area contributed by atoms with E-state index in [1.807, 2.05) is 54.6 Å². The third kappa shape index (κ3) is 3.64. The van der Waals surface area contributed by atoms with E-state index in [9.17, 15) is 9.90 Å². The zero-order chi connectivity index (χ0) is 27.2. The van der Waals surface area contributed by atoms with Gasteiger partial charge in [0.05, 0.1) is 38.3 Å². The average Bonchev–Trinajstić information content (AvgIpc) is 3.53. The lowest BCUT2D eigenvalue weighted by atomic mass is 9.71. The maximum Gasteiger partial charge on any atom is 0.407 e. The van der Waals surface area contributed by atoms with Crippen LogP contribution in [0.2, 0.25) is 0 Å². The number of ether oxygens (including phenoxy) is 5. The van der Waals surface area contributed by atoms with Crippen molar-refractivity contribution in [1.82, 2.24) is 5.32 Å².